The number of anilines is 6. The zero-order valence-electron chi connectivity index (χ0n) is 48.5. The zero-order valence-corrected chi connectivity index (χ0v) is 50.2. The summed E-state index contributed by atoms with van der Waals surface area (Å²) in [4.78, 5) is 4.78. The second kappa shape index (κ2) is 21.3. The minimum atomic E-state index is 0.835. The molecule has 0 atom stereocenters. The van der Waals surface area contributed by atoms with E-state index in [0.717, 1.165) is 111 Å². The molecule has 0 radical (unpaired) electrons. The van der Waals surface area contributed by atoms with E-state index in [1.807, 2.05) is 22.7 Å². The van der Waals surface area contributed by atoms with Crippen LogP contribution in [0.2, 0.25) is 0 Å². The monoisotopic (exact) mass is 1180 g/mol. The molecule has 0 N–H and O–H groups in total. The van der Waals surface area contributed by atoms with Crippen molar-refractivity contribution in [1.29, 1.82) is 0 Å². The van der Waals surface area contributed by atoms with Crippen LogP contribution in [0.15, 0.2) is 324 Å². The predicted octanol–water partition coefficient (Wildman–Crippen LogP) is 25.5. The highest BCUT2D eigenvalue weighted by Gasteiger charge is 2.25. The maximum absolute atomic E-state index is 6.76. The Morgan fingerprint density at radius 1 is 0.211 bits per heavy atom. The van der Waals surface area contributed by atoms with Gasteiger partial charge in [-0.2, -0.15) is 0 Å². The molecule has 4 nitrogen and oxygen atoms in total. The molecule has 6 heteroatoms. The second-order valence-corrected chi connectivity index (χ2v) is 25.2. The number of fused-ring (bicyclic) bond motifs is 12. The van der Waals surface area contributed by atoms with E-state index >= 15 is 0 Å². The van der Waals surface area contributed by atoms with Gasteiger partial charge in [0, 0.05) is 107 Å². The molecular formula is C84H52N2O2S2. The number of rotatable bonds is 11. The lowest BCUT2D eigenvalue weighted by molar-refractivity contribution is 0.668. The van der Waals surface area contributed by atoms with Crippen LogP contribution in [-0.4, -0.2) is 0 Å². The third kappa shape index (κ3) is 8.71. The van der Waals surface area contributed by atoms with Gasteiger partial charge in [-0.25, -0.2) is 0 Å². The maximum atomic E-state index is 6.76. The smallest absolute Gasteiger partial charge is 0.136 e. The molecule has 0 amide bonds. The Bertz CT molecular complexity index is 5400. The van der Waals surface area contributed by atoms with Gasteiger partial charge in [-0.3, -0.25) is 0 Å². The van der Waals surface area contributed by atoms with Crippen molar-refractivity contribution in [2.45, 2.75) is 0 Å². The Morgan fingerprint density at radius 3 is 0.922 bits per heavy atom. The molecule has 4 aromatic heterocycles. The molecule has 0 aliphatic heterocycles. The Morgan fingerprint density at radius 2 is 0.522 bits per heavy atom. The van der Waals surface area contributed by atoms with Gasteiger partial charge >= 0.3 is 0 Å². The van der Waals surface area contributed by atoms with Gasteiger partial charge in [0.05, 0.1) is 0 Å². The van der Waals surface area contributed by atoms with Gasteiger partial charge in [-0.1, -0.05) is 194 Å². The van der Waals surface area contributed by atoms with Crippen LogP contribution in [0.1, 0.15) is 0 Å². The summed E-state index contributed by atoms with van der Waals surface area (Å²) in [5, 5.41) is 9.39. The van der Waals surface area contributed by atoms with Gasteiger partial charge in [-0.05, 0) is 166 Å². The standard InChI is InChI=1S/C84H52N2O2S2/c1-3-15-53(16-4-1)55-27-35-59(36-28-55)85(63-43-45-67-65-19-9-13-25-77(65)89-79(67)51-63)61-39-31-57(32-40-61)81-69(47-49-75-83(81)71-21-7-11-23-73(71)87-75)70-48-50-76-84(72-22-8-12-24-74(72)88-76)82(70)58-33-41-62(42-34-58)86(60-37-29-56(30-38-60)54-17-5-2-6-18-54)64-44-46-68-66-20-10-14-26-78(66)90-80(68)52-64/h1-52H. The molecule has 18 aromatic rings. The molecule has 0 aliphatic carbocycles. The molecule has 90 heavy (non-hydrogen) atoms. The van der Waals surface area contributed by atoms with Crippen LogP contribution in [0.5, 0.6) is 0 Å². The van der Waals surface area contributed by atoms with Crippen LogP contribution in [0.4, 0.5) is 34.1 Å². The van der Waals surface area contributed by atoms with Crippen molar-refractivity contribution in [3.8, 4) is 55.6 Å². The first-order valence-electron chi connectivity index (χ1n) is 30.4. The van der Waals surface area contributed by atoms with E-state index in [1.165, 1.54) is 62.6 Å². The van der Waals surface area contributed by atoms with E-state index in [4.69, 9.17) is 8.83 Å². The molecule has 14 aromatic carbocycles. The lowest BCUT2D eigenvalue weighted by Crippen LogP contribution is -2.09. The lowest BCUT2D eigenvalue weighted by atomic mass is 9.85. The van der Waals surface area contributed by atoms with Gasteiger partial charge in [0.25, 0.3) is 0 Å². The number of thiophene rings is 2. The number of hydrogen-bond acceptors (Lipinski definition) is 6. The van der Waals surface area contributed by atoms with Gasteiger partial charge in [0.2, 0.25) is 0 Å². The van der Waals surface area contributed by atoms with E-state index in [1.54, 1.807) is 0 Å². The molecule has 18 rings (SSSR count). The van der Waals surface area contributed by atoms with Crippen molar-refractivity contribution < 1.29 is 8.83 Å². The van der Waals surface area contributed by atoms with Crippen LogP contribution in [0.3, 0.4) is 0 Å². The second-order valence-electron chi connectivity index (χ2n) is 23.1. The first-order valence-corrected chi connectivity index (χ1v) is 32.1. The van der Waals surface area contributed by atoms with Gasteiger partial charge in [0.1, 0.15) is 22.3 Å². The highest BCUT2D eigenvalue weighted by Crippen LogP contribution is 2.51. The summed E-state index contributed by atoms with van der Waals surface area (Å²) < 4.78 is 18.6. The van der Waals surface area contributed by atoms with E-state index in [2.05, 4.69) is 325 Å². The molecule has 0 aliphatic rings. The summed E-state index contributed by atoms with van der Waals surface area (Å²) in [6.45, 7) is 0. The number of para-hydroxylation sites is 2. The van der Waals surface area contributed by atoms with Crippen molar-refractivity contribution >= 4 is 141 Å². The molecule has 422 valence electrons. The van der Waals surface area contributed by atoms with E-state index in [0.29, 0.717) is 0 Å². The Kier molecular flexibility index (Phi) is 12.3. The van der Waals surface area contributed by atoms with Crippen LogP contribution in [0, 0.1) is 0 Å². The molecule has 0 bridgehead atoms. The average Bonchev–Trinajstić information content (AvgIpc) is 1.68. The molecule has 0 saturated heterocycles. The fourth-order valence-electron chi connectivity index (χ4n) is 13.7. The van der Waals surface area contributed by atoms with Crippen molar-refractivity contribution in [1.82, 2.24) is 0 Å². The first kappa shape index (κ1) is 51.9. The van der Waals surface area contributed by atoms with Crippen LogP contribution in [0.25, 0.3) is 140 Å². The summed E-state index contributed by atoms with van der Waals surface area (Å²) in [5.41, 5.74) is 21.1. The molecule has 0 saturated carbocycles. The Labute approximate surface area is 527 Å². The highest BCUT2D eigenvalue weighted by molar-refractivity contribution is 7.26. The van der Waals surface area contributed by atoms with Gasteiger partial charge in [0.15, 0.2) is 0 Å². The number of benzene rings is 14. The van der Waals surface area contributed by atoms with Crippen molar-refractivity contribution in [3.63, 3.8) is 0 Å². The minimum Gasteiger partial charge on any atom is -0.456 e. The minimum absolute atomic E-state index is 0.835. The van der Waals surface area contributed by atoms with Gasteiger partial charge in [-0.15, -0.1) is 22.7 Å². The largest absolute Gasteiger partial charge is 0.456 e. The SMILES string of the molecule is c1ccc(-c2ccc(N(c3ccc(-c4c(-c5ccc6oc7ccccc7c6c5-c5ccc(N(c6ccc(-c7ccccc7)cc6)c6ccc7c(c6)sc6ccccc67)cc5)ccc5oc6ccccc6c45)cc3)c3ccc4c(c3)sc3ccccc34)cc2)cc1. The highest BCUT2D eigenvalue weighted by atomic mass is 32.1. The lowest BCUT2D eigenvalue weighted by Gasteiger charge is -2.26. The topological polar surface area (TPSA) is 32.8 Å². The summed E-state index contributed by atoms with van der Waals surface area (Å²) in [7, 11) is 0. The zero-order chi connectivity index (χ0) is 59.2. The molecule has 0 unspecified atom stereocenters. The third-order valence-corrected chi connectivity index (χ3v) is 20.2. The first-order chi connectivity index (χ1) is 44.6. The maximum Gasteiger partial charge on any atom is 0.136 e. The number of furan rings is 2. The van der Waals surface area contributed by atoms with Crippen LogP contribution < -0.4 is 9.80 Å². The average molecular weight is 1190 g/mol. The van der Waals surface area contributed by atoms with Crippen molar-refractivity contribution in [3.05, 3.63) is 315 Å². The predicted molar refractivity (Wildman–Crippen MR) is 383 cm³/mol. The van der Waals surface area contributed by atoms with Crippen LogP contribution >= 0.6 is 22.7 Å². The quantitative estimate of drug-likeness (QED) is 0.129. The molecule has 0 fully saturated rings. The van der Waals surface area contributed by atoms with E-state index in [-0.39, 0.29) is 0 Å². The molecule has 4 heterocycles. The van der Waals surface area contributed by atoms with E-state index < -0.39 is 0 Å². The summed E-state index contributed by atoms with van der Waals surface area (Å²) >= 11 is 3.69. The summed E-state index contributed by atoms with van der Waals surface area (Å²) in [6.07, 6.45) is 0. The van der Waals surface area contributed by atoms with Crippen molar-refractivity contribution in [2.75, 3.05) is 9.80 Å². The van der Waals surface area contributed by atoms with E-state index in [9.17, 15) is 0 Å². The normalized spacial score (nSPS) is 11.8. The molecule has 0 spiro atoms. The fourth-order valence-corrected chi connectivity index (χ4v) is 16.0. The Hall–Kier alpha value is -11.3. The number of nitrogens with zero attached hydrogens (tertiary/aromatic N) is 2. The number of hydrogen-bond donors (Lipinski definition) is 0. The summed E-state index contributed by atoms with van der Waals surface area (Å²) in [5.74, 6) is 0. The fraction of sp³-hybridized carbons (Fsp3) is 0. The van der Waals surface area contributed by atoms with Crippen LogP contribution in [-0.2, 0) is 0 Å². The molecular weight excluding hydrogens is 1130 g/mol. The van der Waals surface area contributed by atoms with Gasteiger partial charge < -0.3 is 18.6 Å². The summed E-state index contributed by atoms with van der Waals surface area (Å²) in [6, 6.07) is 114. The third-order valence-electron chi connectivity index (χ3n) is 17.9. The Balaban J connectivity index is 0.804. The van der Waals surface area contributed by atoms with Crippen molar-refractivity contribution in [2.24, 2.45) is 0 Å².